The normalized spacial score (nSPS) is 14.3. The van der Waals surface area contributed by atoms with Crippen molar-refractivity contribution in [1.82, 2.24) is 29.6 Å². The number of aliphatic carboxylic acids is 1. The number of nitrogens with zero attached hydrogens (tertiary/aromatic N) is 4. The number of halogens is 3. The summed E-state index contributed by atoms with van der Waals surface area (Å²) < 4.78 is 33.7. The molecule has 3 aromatic heterocycles. The Morgan fingerprint density at radius 1 is 0.957 bits per heavy atom. The summed E-state index contributed by atoms with van der Waals surface area (Å²) in [6, 6.07) is 29.1. The number of anilines is 1. The molecule has 236 valence electrons. The van der Waals surface area contributed by atoms with Crippen molar-refractivity contribution < 1.29 is 23.1 Å². The molecule has 0 bridgehead atoms. The molecule has 1 saturated heterocycles. The van der Waals surface area contributed by atoms with Crippen molar-refractivity contribution >= 4 is 33.9 Å². The fourth-order valence-electron chi connectivity index (χ4n) is 5.82. The summed E-state index contributed by atoms with van der Waals surface area (Å²) in [6.07, 6.45) is -3.17. The fourth-order valence-corrected chi connectivity index (χ4v) is 5.82. The summed E-state index contributed by atoms with van der Waals surface area (Å²) >= 11 is 0. The minimum Gasteiger partial charge on any atom is -0.475 e. The van der Waals surface area contributed by atoms with Gasteiger partial charge >= 0.3 is 17.8 Å². The molecule has 0 unspecified atom stereocenters. The van der Waals surface area contributed by atoms with E-state index in [2.05, 4.69) is 62.5 Å². The van der Waals surface area contributed by atoms with Crippen LogP contribution in [0.15, 0.2) is 89.7 Å². The van der Waals surface area contributed by atoms with Crippen molar-refractivity contribution in [3.63, 3.8) is 0 Å². The minimum absolute atomic E-state index is 0.00978. The van der Waals surface area contributed by atoms with Crippen LogP contribution in [0.1, 0.15) is 24.4 Å². The van der Waals surface area contributed by atoms with E-state index in [1.54, 1.807) is 0 Å². The third-order valence-corrected chi connectivity index (χ3v) is 8.08. The van der Waals surface area contributed by atoms with Gasteiger partial charge in [-0.3, -0.25) is 14.6 Å². The van der Waals surface area contributed by atoms with Gasteiger partial charge in [-0.05, 0) is 42.2 Å². The third-order valence-electron chi connectivity index (χ3n) is 8.08. The molecule has 1 aliphatic rings. The van der Waals surface area contributed by atoms with Crippen molar-refractivity contribution in [3.8, 4) is 22.4 Å². The summed E-state index contributed by atoms with van der Waals surface area (Å²) in [7, 11) is 0. The number of fused-ring (bicyclic) bond motifs is 2. The first-order valence-electron chi connectivity index (χ1n) is 14.6. The van der Waals surface area contributed by atoms with E-state index in [9.17, 15) is 18.0 Å². The summed E-state index contributed by atoms with van der Waals surface area (Å²) in [5.74, 6) is -2.23. The number of alkyl halides is 3. The van der Waals surface area contributed by atoms with Gasteiger partial charge in [-0.2, -0.15) is 18.3 Å². The lowest BCUT2D eigenvalue weighted by molar-refractivity contribution is -0.192. The Hall–Kier alpha value is -5.43. The maximum atomic E-state index is 12.6. The van der Waals surface area contributed by atoms with Crippen LogP contribution in [-0.2, 0) is 11.3 Å². The number of aromatic amines is 2. The van der Waals surface area contributed by atoms with Crippen LogP contribution in [0.3, 0.4) is 0 Å². The Morgan fingerprint density at radius 3 is 2.28 bits per heavy atom. The number of nitrogens with one attached hydrogen (secondary N) is 2. The molecule has 1 aliphatic heterocycles. The molecule has 0 aliphatic carbocycles. The predicted molar refractivity (Wildman–Crippen MR) is 169 cm³/mol. The number of para-hydroxylation sites is 2. The molecule has 0 saturated carbocycles. The van der Waals surface area contributed by atoms with Gasteiger partial charge in [-0.15, -0.1) is 0 Å². The van der Waals surface area contributed by atoms with E-state index >= 15 is 0 Å². The SMILES string of the molecule is Nc1[nH]nc2nc(-c3ccc(CN4CCC(n5c(=O)[nH]c6ccccc65)CC4)cc3)c(-c3ccccc3)cc12.O=C(O)C(F)(F)F. The number of likely N-dealkylation sites (tertiary alicyclic amines) is 1. The number of H-pyrrole nitrogens is 2. The van der Waals surface area contributed by atoms with Crippen molar-refractivity contribution in [2.75, 3.05) is 18.8 Å². The number of hydrogen-bond donors (Lipinski definition) is 4. The average Bonchev–Trinajstić information content (AvgIpc) is 3.59. The first-order chi connectivity index (χ1) is 22.1. The standard InChI is InChI=1S/C31H29N7O.C2HF3O2/c32-29-25-18-24(21-6-2-1-3-7-21)28(34-30(25)36-35-29)22-12-10-20(11-13-22)19-37-16-14-23(15-17-37)38-27-9-5-4-8-26(27)33-31(38)39;3-2(4,5)1(6)7/h1-13,18,23H,14-17,19H2,(H,33,39)(H3,32,34,35,36);(H,6,7). The molecule has 6 aromatic rings. The van der Waals surface area contributed by atoms with Crippen LogP contribution in [0, 0.1) is 0 Å². The Balaban J connectivity index is 0.000000480. The van der Waals surface area contributed by atoms with E-state index in [0.717, 1.165) is 71.3 Å². The maximum absolute atomic E-state index is 12.6. The zero-order valence-corrected chi connectivity index (χ0v) is 24.5. The number of hydrogen-bond acceptors (Lipinski definition) is 6. The van der Waals surface area contributed by atoms with Gasteiger partial charge in [-0.25, -0.2) is 14.6 Å². The lowest BCUT2D eigenvalue weighted by atomic mass is 9.97. The Labute approximate surface area is 260 Å². The van der Waals surface area contributed by atoms with E-state index in [1.807, 2.05) is 47.0 Å². The quantitative estimate of drug-likeness (QED) is 0.183. The second kappa shape index (κ2) is 12.5. The molecule has 5 N–H and O–H groups in total. The number of imidazole rings is 1. The summed E-state index contributed by atoms with van der Waals surface area (Å²) in [6.45, 7) is 2.79. The highest BCUT2D eigenvalue weighted by molar-refractivity contribution is 5.94. The summed E-state index contributed by atoms with van der Waals surface area (Å²) in [5.41, 5.74) is 13.9. The Morgan fingerprint density at radius 2 is 1.61 bits per heavy atom. The number of benzene rings is 3. The molecule has 0 amide bonds. The van der Waals surface area contributed by atoms with Gasteiger partial charge < -0.3 is 15.8 Å². The van der Waals surface area contributed by atoms with Gasteiger partial charge in [0.1, 0.15) is 5.82 Å². The molecule has 13 heteroatoms. The molecule has 4 heterocycles. The molecular weight excluding hydrogens is 599 g/mol. The van der Waals surface area contributed by atoms with Gasteiger partial charge in [0.05, 0.1) is 22.1 Å². The highest BCUT2D eigenvalue weighted by Crippen LogP contribution is 2.34. The summed E-state index contributed by atoms with van der Waals surface area (Å²) in [5, 5.41) is 15.1. The number of nitrogens with two attached hydrogens (primary N) is 1. The smallest absolute Gasteiger partial charge is 0.475 e. The summed E-state index contributed by atoms with van der Waals surface area (Å²) in [4.78, 5) is 31.9. The molecule has 0 spiro atoms. The van der Waals surface area contributed by atoms with Crippen LogP contribution in [-0.4, -0.2) is 60.0 Å². The van der Waals surface area contributed by atoms with Crippen LogP contribution < -0.4 is 11.4 Å². The Bertz CT molecular complexity index is 2040. The zero-order valence-electron chi connectivity index (χ0n) is 24.5. The molecule has 3 aromatic carbocycles. The van der Waals surface area contributed by atoms with Crippen LogP contribution in [0.2, 0.25) is 0 Å². The Kier molecular flexibility index (Phi) is 8.33. The highest BCUT2D eigenvalue weighted by atomic mass is 19.4. The first kappa shape index (κ1) is 30.6. The predicted octanol–water partition coefficient (Wildman–Crippen LogP) is 5.99. The zero-order chi connectivity index (χ0) is 32.4. The number of aromatic nitrogens is 5. The third kappa shape index (κ3) is 6.35. The second-order valence-corrected chi connectivity index (χ2v) is 11.1. The minimum atomic E-state index is -5.08. The van der Waals surface area contributed by atoms with E-state index < -0.39 is 12.1 Å². The lowest BCUT2D eigenvalue weighted by Crippen LogP contribution is -2.36. The monoisotopic (exact) mass is 629 g/mol. The molecule has 10 nitrogen and oxygen atoms in total. The molecule has 1 fully saturated rings. The van der Waals surface area contributed by atoms with Gasteiger partial charge in [0.2, 0.25) is 0 Å². The number of piperidine rings is 1. The number of carboxylic acids is 1. The second-order valence-electron chi connectivity index (χ2n) is 11.1. The van der Waals surface area contributed by atoms with E-state index in [0.29, 0.717) is 11.5 Å². The molecule has 0 radical (unpaired) electrons. The largest absolute Gasteiger partial charge is 0.490 e. The number of pyridine rings is 1. The molecule has 46 heavy (non-hydrogen) atoms. The van der Waals surface area contributed by atoms with Gasteiger partial charge in [0.25, 0.3) is 0 Å². The fraction of sp³-hybridized carbons (Fsp3) is 0.212. The van der Waals surface area contributed by atoms with Crippen molar-refractivity contribution in [3.05, 3.63) is 101 Å². The highest BCUT2D eigenvalue weighted by Gasteiger charge is 2.38. The van der Waals surface area contributed by atoms with Crippen LogP contribution in [0.4, 0.5) is 19.0 Å². The van der Waals surface area contributed by atoms with Gasteiger partial charge in [0, 0.05) is 36.8 Å². The van der Waals surface area contributed by atoms with Gasteiger partial charge in [-0.1, -0.05) is 66.7 Å². The van der Waals surface area contributed by atoms with E-state index in [1.165, 1.54) is 5.56 Å². The van der Waals surface area contributed by atoms with Gasteiger partial charge in [0.15, 0.2) is 5.65 Å². The van der Waals surface area contributed by atoms with E-state index in [4.69, 9.17) is 20.6 Å². The van der Waals surface area contributed by atoms with Crippen molar-refractivity contribution in [1.29, 1.82) is 0 Å². The molecular formula is C33H30F3N7O3. The number of carbonyl (C=O) groups is 1. The number of carboxylic acid groups (broad SMARTS) is 1. The average molecular weight is 630 g/mol. The number of nitrogen functional groups attached to an aromatic ring is 1. The first-order valence-corrected chi connectivity index (χ1v) is 14.6. The number of rotatable bonds is 5. The lowest BCUT2D eigenvalue weighted by Gasteiger charge is -2.32. The van der Waals surface area contributed by atoms with Crippen LogP contribution >= 0.6 is 0 Å². The van der Waals surface area contributed by atoms with Crippen molar-refractivity contribution in [2.45, 2.75) is 31.6 Å². The molecule has 0 atom stereocenters. The van der Waals surface area contributed by atoms with E-state index in [-0.39, 0.29) is 11.7 Å². The molecule has 7 rings (SSSR count). The topological polar surface area (TPSA) is 146 Å². The van der Waals surface area contributed by atoms with Crippen LogP contribution in [0.5, 0.6) is 0 Å². The van der Waals surface area contributed by atoms with Crippen molar-refractivity contribution in [2.24, 2.45) is 0 Å². The van der Waals surface area contributed by atoms with Crippen LogP contribution in [0.25, 0.3) is 44.5 Å². The maximum Gasteiger partial charge on any atom is 0.490 e.